The minimum atomic E-state index is -5.86. The second-order valence-corrected chi connectivity index (χ2v) is 14.5. The molecule has 54 heavy (non-hydrogen) atoms. The van der Waals surface area contributed by atoms with Crippen LogP contribution in [-0.4, -0.2) is 84.7 Å². The van der Waals surface area contributed by atoms with Crippen molar-refractivity contribution in [1.82, 2.24) is 9.80 Å². The van der Waals surface area contributed by atoms with Gasteiger partial charge in [0.1, 0.15) is 11.4 Å². The molecule has 0 spiro atoms. The number of rotatable bonds is 15. The molecule has 0 aliphatic carbocycles. The van der Waals surface area contributed by atoms with Gasteiger partial charge in [0.15, 0.2) is 0 Å². The van der Waals surface area contributed by atoms with Gasteiger partial charge in [-0.25, -0.2) is 4.79 Å². The van der Waals surface area contributed by atoms with E-state index < -0.39 is 53.4 Å². The first-order valence-corrected chi connectivity index (χ1v) is 17.5. The van der Waals surface area contributed by atoms with Crippen molar-refractivity contribution in [2.45, 2.75) is 116 Å². The van der Waals surface area contributed by atoms with Crippen LogP contribution in [0.3, 0.4) is 0 Å². The van der Waals surface area contributed by atoms with E-state index in [0.717, 1.165) is 22.6 Å². The van der Waals surface area contributed by atoms with Crippen molar-refractivity contribution < 1.29 is 63.3 Å². The number of hydrogen-bond donors (Lipinski definition) is 0. The second-order valence-electron chi connectivity index (χ2n) is 14.5. The molecule has 1 unspecified atom stereocenters. The molecular formula is C37H48F9N3O5. The van der Waals surface area contributed by atoms with E-state index in [4.69, 9.17) is 9.47 Å². The molecule has 8 nitrogen and oxygen atoms in total. The molecule has 0 saturated carbocycles. The summed E-state index contributed by atoms with van der Waals surface area (Å²) in [5, 5.41) is 0. The van der Waals surface area contributed by atoms with Crippen LogP contribution >= 0.6 is 0 Å². The molecule has 2 aromatic rings. The van der Waals surface area contributed by atoms with Crippen LogP contribution in [0.25, 0.3) is 0 Å². The molecule has 1 saturated heterocycles. The quantitative estimate of drug-likeness (QED) is 0.132. The highest BCUT2D eigenvalue weighted by Gasteiger charge is 2.60. The summed E-state index contributed by atoms with van der Waals surface area (Å²) in [6.07, 6.45) is -20.9. The molecular weight excluding hydrogens is 737 g/mol. The van der Waals surface area contributed by atoms with E-state index in [1.165, 1.54) is 20.1 Å². The fourth-order valence-electron chi connectivity index (χ4n) is 6.30. The minimum Gasteiger partial charge on any atom is -0.497 e. The average molecular weight is 786 g/mol. The first-order chi connectivity index (χ1) is 24.9. The number of hydrogen-bond acceptors (Lipinski definition) is 7. The molecule has 304 valence electrons. The summed E-state index contributed by atoms with van der Waals surface area (Å²) in [6, 6.07) is 10.4. The van der Waals surface area contributed by atoms with Crippen LogP contribution in [0.2, 0.25) is 0 Å². The van der Waals surface area contributed by atoms with Gasteiger partial charge in [-0.3, -0.25) is 9.69 Å². The molecule has 0 aromatic heterocycles. The van der Waals surface area contributed by atoms with Crippen LogP contribution in [0, 0.1) is 0 Å². The van der Waals surface area contributed by atoms with E-state index in [1.807, 2.05) is 11.8 Å². The third-order valence-corrected chi connectivity index (χ3v) is 9.16. The van der Waals surface area contributed by atoms with Crippen molar-refractivity contribution in [3.05, 3.63) is 59.2 Å². The lowest BCUT2D eigenvalue weighted by atomic mass is 9.93. The Balaban J connectivity index is 1.92. The number of carbonyl (C=O) groups is 2. The smallest absolute Gasteiger partial charge is 0.434 e. The Labute approximate surface area is 309 Å². The topological polar surface area (TPSA) is 71.5 Å². The minimum absolute atomic E-state index is 0.0118. The van der Waals surface area contributed by atoms with Gasteiger partial charge >= 0.3 is 30.6 Å². The lowest BCUT2D eigenvalue weighted by Crippen LogP contribution is -2.49. The fourth-order valence-corrected chi connectivity index (χ4v) is 6.30. The summed E-state index contributed by atoms with van der Waals surface area (Å²) in [5.41, 5.74) is -0.800. The molecule has 1 amide bonds. The van der Waals surface area contributed by atoms with Crippen LogP contribution in [0.5, 0.6) is 5.75 Å². The van der Waals surface area contributed by atoms with Crippen molar-refractivity contribution in [3.8, 4) is 5.75 Å². The van der Waals surface area contributed by atoms with Crippen molar-refractivity contribution >= 4 is 17.7 Å². The number of benzene rings is 2. The molecule has 0 bridgehead atoms. The predicted octanol–water partition coefficient (Wildman–Crippen LogP) is 9.54. The highest BCUT2D eigenvalue weighted by atomic mass is 19.4. The number of methoxy groups -OCH3 is 1. The zero-order valence-corrected chi connectivity index (χ0v) is 31.2. The zero-order chi connectivity index (χ0) is 40.7. The normalized spacial score (nSPS) is 17.1. The number of halogens is 9. The summed E-state index contributed by atoms with van der Waals surface area (Å²) in [6.45, 7) is 8.90. The van der Waals surface area contributed by atoms with Crippen LogP contribution < -0.4 is 9.64 Å². The van der Waals surface area contributed by atoms with Gasteiger partial charge < -0.3 is 24.0 Å². The SMILES string of the molecule is CCN(CCC1(C)CCCN1Cc1ccc(C(F)(F)F)cc1N(CCCC(=O)OC(C)(C)C)Cc1ccc(OC)cc1)C(=O)OC(C(F)(F)F)C(F)(F)F. The number of carbonyl (C=O) groups excluding carboxylic acids is 2. The monoisotopic (exact) mass is 785 g/mol. The number of likely N-dealkylation sites (tertiary alicyclic amines) is 1. The summed E-state index contributed by atoms with van der Waals surface area (Å²) >= 11 is 0. The van der Waals surface area contributed by atoms with Crippen molar-refractivity contribution in [3.63, 3.8) is 0 Å². The Morgan fingerprint density at radius 2 is 1.56 bits per heavy atom. The van der Waals surface area contributed by atoms with E-state index in [-0.39, 0.29) is 57.7 Å². The first kappa shape index (κ1) is 44.5. The van der Waals surface area contributed by atoms with Crippen LogP contribution in [0.15, 0.2) is 42.5 Å². The Kier molecular flexibility index (Phi) is 14.6. The Morgan fingerprint density at radius 3 is 2.09 bits per heavy atom. The molecule has 1 fully saturated rings. The van der Waals surface area contributed by atoms with Gasteiger partial charge in [0.25, 0.3) is 6.10 Å². The molecule has 2 aromatic carbocycles. The zero-order valence-electron chi connectivity index (χ0n) is 31.2. The number of amides is 1. The molecule has 1 aliphatic rings. The lowest BCUT2D eigenvalue weighted by Gasteiger charge is -2.38. The molecule has 17 heteroatoms. The maximum atomic E-state index is 14.1. The number of alkyl halides is 9. The van der Waals surface area contributed by atoms with Gasteiger partial charge in [-0.05, 0) is 102 Å². The van der Waals surface area contributed by atoms with Crippen LogP contribution in [0.4, 0.5) is 50.0 Å². The Bertz CT molecular complexity index is 1530. The summed E-state index contributed by atoms with van der Waals surface area (Å²) in [5.74, 6) is 0.125. The molecule has 3 rings (SSSR count). The summed E-state index contributed by atoms with van der Waals surface area (Å²) < 4.78 is 135. The van der Waals surface area contributed by atoms with Crippen LogP contribution in [0.1, 0.15) is 83.4 Å². The maximum absolute atomic E-state index is 14.1. The molecule has 1 heterocycles. The van der Waals surface area contributed by atoms with E-state index in [1.54, 1.807) is 49.9 Å². The Hall–Kier alpha value is -3.89. The fraction of sp³-hybridized carbons (Fsp3) is 0.622. The van der Waals surface area contributed by atoms with Crippen molar-refractivity contribution in [1.29, 1.82) is 0 Å². The second kappa shape index (κ2) is 17.7. The highest BCUT2D eigenvalue weighted by molar-refractivity contribution is 5.70. The summed E-state index contributed by atoms with van der Waals surface area (Å²) in [4.78, 5) is 29.6. The van der Waals surface area contributed by atoms with Gasteiger partial charge in [-0.1, -0.05) is 18.2 Å². The van der Waals surface area contributed by atoms with Gasteiger partial charge in [-0.2, -0.15) is 39.5 Å². The third-order valence-electron chi connectivity index (χ3n) is 9.16. The van der Waals surface area contributed by atoms with Gasteiger partial charge in [-0.15, -0.1) is 0 Å². The lowest BCUT2D eigenvalue weighted by molar-refractivity contribution is -0.308. The Morgan fingerprint density at radius 1 is 0.926 bits per heavy atom. The molecule has 1 atom stereocenters. The van der Waals surface area contributed by atoms with Crippen molar-refractivity contribution in [2.24, 2.45) is 0 Å². The number of anilines is 1. The highest BCUT2D eigenvalue weighted by Crippen LogP contribution is 2.39. The number of ether oxygens (including phenoxy) is 3. The molecule has 0 radical (unpaired) electrons. The predicted molar refractivity (Wildman–Crippen MR) is 183 cm³/mol. The van der Waals surface area contributed by atoms with E-state index in [9.17, 15) is 49.1 Å². The average Bonchev–Trinajstić information content (AvgIpc) is 3.40. The maximum Gasteiger partial charge on any atom is 0.434 e. The van der Waals surface area contributed by atoms with Crippen LogP contribution in [-0.2, 0) is 33.5 Å². The number of nitrogens with zero attached hydrogens (tertiary/aromatic N) is 3. The first-order valence-electron chi connectivity index (χ1n) is 17.5. The van der Waals surface area contributed by atoms with E-state index >= 15 is 0 Å². The standard InChI is InChI=1S/C37H48F9N3O5/c1-7-47(32(51)53-31(36(41,42)43)37(44,45)46)21-18-34(5)17-9-20-49(34)24-26-13-14-27(35(38,39)40)22-29(26)48(19-8-10-30(50)54-33(2,3)4)23-25-11-15-28(52-6)16-12-25/h11-16,22,31H,7-10,17-21,23-24H2,1-6H3. The largest absolute Gasteiger partial charge is 0.497 e. The van der Waals surface area contributed by atoms with Gasteiger partial charge in [0, 0.05) is 50.4 Å². The molecule has 1 aliphatic heterocycles. The van der Waals surface area contributed by atoms with E-state index in [2.05, 4.69) is 4.74 Å². The third kappa shape index (κ3) is 12.9. The van der Waals surface area contributed by atoms with Gasteiger partial charge in [0.05, 0.1) is 12.7 Å². The summed E-state index contributed by atoms with van der Waals surface area (Å²) in [7, 11) is 1.50. The van der Waals surface area contributed by atoms with Gasteiger partial charge in [0.2, 0.25) is 0 Å². The van der Waals surface area contributed by atoms with Crippen molar-refractivity contribution in [2.75, 3.05) is 38.2 Å². The number of esters is 1. The molecule has 0 N–H and O–H groups in total. The van der Waals surface area contributed by atoms with E-state index in [0.29, 0.717) is 30.7 Å².